The average molecular weight is 327 g/mol. The Bertz CT molecular complexity index is 688. The van der Waals surface area contributed by atoms with Crippen LogP contribution < -0.4 is 10.2 Å². The summed E-state index contributed by atoms with van der Waals surface area (Å²) >= 11 is 0. The Kier molecular flexibility index (Phi) is 4.79. The normalized spacial score (nSPS) is 16.1. The summed E-state index contributed by atoms with van der Waals surface area (Å²) in [5.74, 6) is 1.74. The van der Waals surface area contributed by atoms with E-state index in [1.54, 1.807) is 0 Å². The number of hydrogen-bond donors (Lipinski definition) is 1. The molecule has 5 heteroatoms. The highest BCUT2D eigenvalue weighted by atomic mass is 16.3. The number of carbonyl (C=O) groups is 1. The lowest BCUT2D eigenvalue weighted by molar-refractivity contribution is 0.191. The first-order valence-electron chi connectivity index (χ1n) is 8.47. The van der Waals surface area contributed by atoms with E-state index < -0.39 is 0 Å². The maximum atomic E-state index is 12.5. The molecule has 3 rings (SSSR count). The number of benzene rings is 1. The molecular formula is C19H25N3O2. The number of aryl methyl sites for hydroxylation is 2. The van der Waals surface area contributed by atoms with E-state index in [0.29, 0.717) is 0 Å². The molecule has 1 aliphatic heterocycles. The highest BCUT2D eigenvalue weighted by Crippen LogP contribution is 2.22. The van der Waals surface area contributed by atoms with Crippen LogP contribution in [-0.2, 0) is 0 Å². The van der Waals surface area contributed by atoms with Crippen LogP contribution in [0.3, 0.4) is 0 Å². The molecule has 2 heterocycles. The van der Waals surface area contributed by atoms with E-state index in [1.807, 2.05) is 49.9 Å². The van der Waals surface area contributed by atoms with Gasteiger partial charge < -0.3 is 19.5 Å². The number of nitrogens with zero attached hydrogens (tertiary/aromatic N) is 2. The molecule has 2 aromatic rings. The number of hydrogen-bond acceptors (Lipinski definition) is 3. The van der Waals surface area contributed by atoms with Crippen molar-refractivity contribution in [3.05, 3.63) is 53.5 Å². The Balaban J connectivity index is 1.54. The van der Waals surface area contributed by atoms with Crippen LogP contribution in [0, 0.1) is 13.8 Å². The molecule has 1 atom stereocenters. The summed E-state index contributed by atoms with van der Waals surface area (Å²) in [6, 6.07) is 12.3. The van der Waals surface area contributed by atoms with Gasteiger partial charge in [0.15, 0.2) is 0 Å². The number of carbonyl (C=O) groups excluding carboxylic acids is 1. The van der Waals surface area contributed by atoms with E-state index >= 15 is 0 Å². The fourth-order valence-electron chi connectivity index (χ4n) is 3.24. The third-order valence-electron chi connectivity index (χ3n) is 4.57. The minimum Gasteiger partial charge on any atom is -0.466 e. The maximum Gasteiger partial charge on any atom is 0.317 e. The van der Waals surface area contributed by atoms with Crippen molar-refractivity contribution in [2.45, 2.75) is 26.8 Å². The van der Waals surface area contributed by atoms with Gasteiger partial charge in [0, 0.05) is 37.4 Å². The maximum absolute atomic E-state index is 12.5. The lowest BCUT2D eigenvalue weighted by atomic mass is 10.1. The van der Waals surface area contributed by atoms with E-state index in [4.69, 9.17) is 4.42 Å². The van der Waals surface area contributed by atoms with Gasteiger partial charge in [-0.15, -0.1) is 0 Å². The van der Waals surface area contributed by atoms with E-state index in [9.17, 15) is 4.79 Å². The van der Waals surface area contributed by atoms with Gasteiger partial charge in [-0.25, -0.2) is 4.79 Å². The molecule has 0 spiro atoms. The van der Waals surface area contributed by atoms with E-state index in [2.05, 4.69) is 22.3 Å². The Morgan fingerprint density at radius 1 is 1.12 bits per heavy atom. The zero-order valence-electron chi connectivity index (χ0n) is 14.6. The Morgan fingerprint density at radius 3 is 2.38 bits per heavy atom. The second-order valence-corrected chi connectivity index (χ2v) is 6.35. The van der Waals surface area contributed by atoms with Crippen LogP contribution in [0.15, 0.2) is 40.8 Å². The number of nitrogens with one attached hydrogen (secondary N) is 1. The second-order valence-electron chi connectivity index (χ2n) is 6.35. The van der Waals surface area contributed by atoms with Gasteiger partial charge in [-0.1, -0.05) is 18.2 Å². The number of urea groups is 1. The molecule has 0 aliphatic carbocycles. The molecule has 128 valence electrons. The van der Waals surface area contributed by atoms with Gasteiger partial charge in [-0.3, -0.25) is 0 Å². The average Bonchev–Trinajstić information content (AvgIpc) is 2.94. The molecule has 2 amide bonds. The predicted octanol–water partition coefficient (Wildman–Crippen LogP) is 3.49. The predicted molar refractivity (Wildman–Crippen MR) is 95.4 cm³/mol. The van der Waals surface area contributed by atoms with Crippen molar-refractivity contribution >= 4 is 11.7 Å². The third-order valence-corrected chi connectivity index (χ3v) is 4.57. The van der Waals surface area contributed by atoms with E-state index in [1.165, 1.54) is 5.69 Å². The van der Waals surface area contributed by atoms with Crippen molar-refractivity contribution < 1.29 is 9.21 Å². The molecular weight excluding hydrogens is 302 g/mol. The van der Waals surface area contributed by atoms with Gasteiger partial charge in [0.25, 0.3) is 0 Å². The summed E-state index contributed by atoms with van der Waals surface area (Å²) in [5.41, 5.74) is 2.26. The zero-order chi connectivity index (χ0) is 17.1. The number of furan rings is 1. The molecule has 5 nitrogen and oxygen atoms in total. The molecule has 1 saturated heterocycles. The van der Waals surface area contributed by atoms with Crippen LogP contribution in [0.1, 0.15) is 30.0 Å². The summed E-state index contributed by atoms with van der Waals surface area (Å²) < 4.78 is 5.55. The summed E-state index contributed by atoms with van der Waals surface area (Å²) in [6.07, 6.45) is 0. The van der Waals surface area contributed by atoms with Gasteiger partial charge in [0.2, 0.25) is 0 Å². The molecule has 0 radical (unpaired) electrons. The van der Waals surface area contributed by atoms with Crippen LogP contribution in [-0.4, -0.2) is 37.1 Å². The number of piperazine rings is 1. The molecule has 1 aromatic heterocycles. The molecule has 24 heavy (non-hydrogen) atoms. The van der Waals surface area contributed by atoms with Crippen LogP contribution >= 0.6 is 0 Å². The molecule has 1 N–H and O–H groups in total. The van der Waals surface area contributed by atoms with Crippen molar-refractivity contribution in [1.82, 2.24) is 10.2 Å². The van der Waals surface area contributed by atoms with Gasteiger partial charge >= 0.3 is 6.03 Å². The van der Waals surface area contributed by atoms with Crippen LogP contribution in [0.4, 0.5) is 10.5 Å². The van der Waals surface area contributed by atoms with E-state index in [0.717, 1.165) is 43.3 Å². The molecule has 1 fully saturated rings. The molecule has 1 aromatic carbocycles. The first-order chi connectivity index (χ1) is 11.5. The molecule has 0 bridgehead atoms. The highest BCUT2D eigenvalue weighted by molar-refractivity contribution is 5.75. The van der Waals surface area contributed by atoms with Crippen molar-refractivity contribution in [3.63, 3.8) is 0 Å². The summed E-state index contributed by atoms with van der Waals surface area (Å²) in [7, 11) is 0. The summed E-state index contributed by atoms with van der Waals surface area (Å²) in [6.45, 7) is 9.03. The standard InChI is InChI=1S/C19H25N3O2/c1-14-13-18(16(3)24-14)15(2)20-19(23)22-11-9-21(10-12-22)17-7-5-4-6-8-17/h4-8,13,15H,9-12H2,1-3H3,(H,20,23). The van der Waals surface area contributed by atoms with Gasteiger partial charge in [-0.05, 0) is 39.0 Å². The minimum absolute atomic E-state index is 0.00605. The quantitative estimate of drug-likeness (QED) is 0.939. The number of para-hydroxylation sites is 1. The van der Waals surface area contributed by atoms with Gasteiger partial charge in [-0.2, -0.15) is 0 Å². The molecule has 1 unspecified atom stereocenters. The highest BCUT2D eigenvalue weighted by Gasteiger charge is 2.23. The van der Waals surface area contributed by atoms with Gasteiger partial charge in [0.05, 0.1) is 6.04 Å². The van der Waals surface area contributed by atoms with Gasteiger partial charge in [0.1, 0.15) is 11.5 Å². The lowest BCUT2D eigenvalue weighted by Crippen LogP contribution is -2.52. The monoisotopic (exact) mass is 327 g/mol. The molecule has 1 aliphatic rings. The largest absolute Gasteiger partial charge is 0.466 e. The van der Waals surface area contributed by atoms with Crippen LogP contribution in [0.2, 0.25) is 0 Å². The summed E-state index contributed by atoms with van der Waals surface area (Å²) in [5, 5.41) is 3.08. The van der Waals surface area contributed by atoms with Crippen LogP contribution in [0.25, 0.3) is 0 Å². The number of rotatable bonds is 3. The fraction of sp³-hybridized carbons (Fsp3) is 0.421. The minimum atomic E-state index is -0.0536. The summed E-state index contributed by atoms with van der Waals surface area (Å²) in [4.78, 5) is 16.7. The van der Waals surface area contributed by atoms with Crippen molar-refractivity contribution in [2.75, 3.05) is 31.1 Å². The topological polar surface area (TPSA) is 48.7 Å². The van der Waals surface area contributed by atoms with Crippen molar-refractivity contribution in [1.29, 1.82) is 0 Å². The lowest BCUT2D eigenvalue weighted by Gasteiger charge is -2.36. The van der Waals surface area contributed by atoms with E-state index in [-0.39, 0.29) is 12.1 Å². The fourth-order valence-corrected chi connectivity index (χ4v) is 3.24. The van der Waals surface area contributed by atoms with Crippen LogP contribution in [0.5, 0.6) is 0 Å². The zero-order valence-corrected chi connectivity index (χ0v) is 14.6. The number of amides is 2. The Morgan fingerprint density at radius 2 is 1.79 bits per heavy atom. The third kappa shape index (κ3) is 3.55. The smallest absolute Gasteiger partial charge is 0.317 e. The number of anilines is 1. The SMILES string of the molecule is Cc1cc(C(C)NC(=O)N2CCN(c3ccccc3)CC2)c(C)o1. The molecule has 0 saturated carbocycles. The first-order valence-corrected chi connectivity index (χ1v) is 8.47. The van der Waals surface area contributed by atoms with Crippen molar-refractivity contribution in [3.8, 4) is 0 Å². The Hall–Kier alpha value is -2.43. The Labute approximate surface area is 143 Å². The second kappa shape index (κ2) is 6.99. The first kappa shape index (κ1) is 16.4. The van der Waals surface area contributed by atoms with Crippen molar-refractivity contribution in [2.24, 2.45) is 0 Å².